The molecule has 2 nitrogen and oxygen atoms in total. The van der Waals surface area contributed by atoms with Crippen LogP contribution in [-0.4, -0.2) is 18.0 Å². The monoisotopic (exact) mass is 366 g/mol. The lowest BCUT2D eigenvalue weighted by Gasteiger charge is -2.60. The first-order chi connectivity index (χ1) is 13.1. The number of allylic oxidation sites excluding steroid dienone is 1. The molecule has 6 rings (SSSR count). The number of ketones is 1. The highest BCUT2D eigenvalue weighted by atomic mass is 16.5. The number of carbonyl (C=O) groups is 1. The van der Waals surface area contributed by atoms with Crippen LogP contribution in [0.2, 0.25) is 0 Å². The molecule has 0 aromatic rings. The Morgan fingerprint density at radius 2 is 2.11 bits per heavy atom. The predicted octanol–water partition coefficient (Wildman–Crippen LogP) is 5.34. The summed E-state index contributed by atoms with van der Waals surface area (Å²) in [7, 11) is 0. The van der Waals surface area contributed by atoms with Crippen molar-refractivity contribution in [3.05, 3.63) is 23.8 Å². The van der Waals surface area contributed by atoms with Gasteiger partial charge >= 0.3 is 0 Å². The highest BCUT2D eigenvalue weighted by Crippen LogP contribution is 2.79. The van der Waals surface area contributed by atoms with Crippen molar-refractivity contribution in [1.82, 2.24) is 0 Å². The summed E-state index contributed by atoms with van der Waals surface area (Å²) in [6, 6.07) is 0. The van der Waals surface area contributed by atoms with Crippen molar-refractivity contribution >= 4 is 5.78 Å². The summed E-state index contributed by atoms with van der Waals surface area (Å²) in [5.74, 6) is 6.13. The van der Waals surface area contributed by atoms with E-state index < -0.39 is 0 Å². The van der Waals surface area contributed by atoms with E-state index in [0.717, 1.165) is 55.0 Å². The fourth-order valence-corrected chi connectivity index (χ4v) is 9.27. The molecule has 9 atom stereocenters. The molecule has 0 bridgehead atoms. The van der Waals surface area contributed by atoms with Crippen LogP contribution in [0, 0.1) is 46.8 Å². The minimum absolute atomic E-state index is 0.0684. The van der Waals surface area contributed by atoms with Crippen LogP contribution in [0.1, 0.15) is 65.2 Å². The average Bonchev–Trinajstić information content (AvgIpc) is 3.26. The standard InChI is InChI=1S/C25H34O2/c1-3-15-12-16-13-17(26)6-7-18(16)19-8-10-24(4-2)23(22(15)19)20-14-21(20)25(24)9-5-11-27-25/h5,9,13,15,18-23H,3-4,6-8,10-12,14H2,1-2H3/t15-,18+,19?,20-,21+,22?,23?,24+,25+/m1/s1. The zero-order valence-electron chi connectivity index (χ0n) is 17.0. The molecule has 4 fully saturated rings. The summed E-state index contributed by atoms with van der Waals surface area (Å²) in [5, 5.41) is 0. The zero-order valence-corrected chi connectivity index (χ0v) is 17.0. The molecule has 1 aliphatic heterocycles. The van der Waals surface area contributed by atoms with Crippen LogP contribution in [-0.2, 0) is 9.53 Å². The number of carbonyl (C=O) groups excluding carboxylic acids is 1. The second-order valence-corrected chi connectivity index (χ2v) is 10.5. The highest BCUT2D eigenvalue weighted by Gasteiger charge is 2.77. The molecule has 3 unspecified atom stereocenters. The average molecular weight is 367 g/mol. The molecule has 0 radical (unpaired) electrons. The Morgan fingerprint density at radius 3 is 2.85 bits per heavy atom. The number of hydrogen-bond donors (Lipinski definition) is 0. The Morgan fingerprint density at radius 1 is 1.22 bits per heavy atom. The van der Waals surface area contributed by atoms with Crippen LogP contribution in [0.15, 0.2) is 23.8 Å². The van der Waals surface area contributed by atoms with Gasteiger partial charge in [-0.1, -0.05) is 38.0 Å². The summed E-state index contributed by atoms with van der Waals surface area (Å²) < 4.78 is 6.62. The summed E-state index contributed by atoms with van der Waals surface area (Å²) >= 11 is 0. The molecule has 4 saturated carbocycles. The fraction of sp³-hybridized carbons (Fsp3) is 0.800. The van der Waals surface area contributed by atoms with E-state index in [0.29, 0.717) is 17.1 Å². The first kappa shape index (κ1) is 17.0. The van der Waals surface area contributed by atoms with Gasteiger partial charge in [0.25, 0.3) is 0 Å². The van der Waals surface area contributed by atoms with Crippen LogP contribution in [0.4, 0.5) is 0 Å². The normalized spacial score (nSPS) is 55.0. The van der Waals surface area contributed by atoms with Gasteiger partial charge < -0.3 is 4.74 Å². The summed E-state index contributed by atoms with van der Waals surface area (Å²) in [4.78, 5) is 12.1. The van der Waals surface area contributed by atoms with Crippen LogP contribution in [0.5, 0.6) is 0 Å². The maximum absolute atomic E-state index is 12.1. The molecule has 1 heterocycles. The Kier molecular flexibility index (Phi) is 3.52. The summed E-state index contributed by atoms with van der Waals surface area (Å²) in [5.41, 5.74) is 1.98. The second-order valence-electron chi connectivity index (χ2n) is 10.5. The van der Waals surface area contributed by atoms with E-state index in [-0.39, 0.29) is 5.60 Å². The van der Waals surface area contributed by atoms with Crippen molar-refractivity contribution in [3.63, 3.8) is 0 Å². The van der Waals surface area contributed by atoms with Crippen molar-refractivity contribution in [1.29, 1.82) is 0 Å². The number of rotatable bonds is 2. The lowest BCUT2D eigenvalue weighted by Crippen LogP contribution is -2.57. The third-order valence-corrected chi connectivity index (χ3v) is 10.1. The molecule has 6 aliphatic rings. The van der Waals surface area contributed by atoms with Gasteiger partial charge in [-0.25, -0.2) is 0 Å². The Bertz CT molecular complexity index is 735. The molecule has 1 spiro atoms. The molecule has 5 aliphatic carbocycles. The lowest BCUT2D eigenvalue weighted by atomic mass is 9.45. The molecule has 0 amide bonds. The van der Waals surface area contributed by atoms with Gasteiger partial charge in [-0.2, -0.15) is 0 Å². The van der Waals surface area contributed by atoms with Crippen LogP contribution < -0.4 is 0 Å². The maximum Gasteiger partial charge on any atom is 0.155 e. The summed E-state index contributed by atoms with van der Waals surface area (Å²) in [6.07, 6.45) is 16.7. The van der Waals surface area contributed by atoms with E-state index in [1.54, 1.807) is 0 Å². The van der Waals surface area contributed by atoms with Gasteiger partial charge in [0.05, 0.1) is 12.2 Å². The molecule has 0 N–H and O–H groups in total. The van der Waals surface area contributed by atoms with Crippen LogP contribution in [0.3, 0.4) is 0 Å². The van der Waals surface area contributed by atoms with E-state index >= 15 is 0 Å². The van der Waals surface area contributed by atoms with Gasteiger partial charge in [0, 0.05) is 11.8 Å². The van der Waals surface area contributed by atoms with Crippen molar-refractivity contribution in [2.75, 3.05) is 6.61 Å². The quantitative estimate of drug-likeness (QED) is 0.617. The third kappa shape index (κ3) is 1.94. The molecule has 2 heteroatoms. The molecular formula is C25H34O2. The van der Waals surface area contributed by atoms with Crippen molar-refractivity contribution < 1.29 is 9.53 Å². The Hall–Kier alpha value is -0.890. The van der Waals surface area contributed by atoms with Gasteiger partial charge in [0.2, 0.25) is 0 Å². The minimum atomic E-state index is 0.0684. The Labute approximate surface area is 163 Å². The third-order valence-electron chi connectivity index (χ3n) is 10.1. The van der Waals surface area contributed by atoms with Crippen LogP contribution in [0.25, 0.3) is 0 Å². The SMILES string of the molecule is CC[C@@H]1CC2=CC(=O)CC[C@@H]2C2CC[C@@]3(CC)C(C21)[C@@H]1C[C@@H]1[C@@]31C=CCO1. The largest absolute Gasteiger partial charge is 0.366 e. The van der Waals surface area contributed by atoms with Crippen molar-refractivity contribution in [2.24, 2.45) is 46.8 Å². The minimum Gasteiger partial charge on any atom is -0.366 e. The maximum atomic E-state index is 12.1. The second kappa shape index (κ2) is 5.59. The molecule has 0 aromatic heterocycles. The predicted molar refractivity (Wildman–Crippen MR) is 106 cm³/mol. The number of hydrogen-bond acceptors (Lipinski definition) is 2. The first-order valence-electron chi connectivity index (χ1n) is 11.7. The van der Waals surface area contributed by atoms with E-state index in [9.17, 15) is 4.79 Å². The van der Waals surface area contributed by atoms with E-state index in [1.807, 2.05) is 0 Å². The molecule has 0 aromatic carbocycles. The van der Waals surface area contributed by atoms with Crippen LogP contribution >= 0.6 is 0 Å². The summed E-state index contributed by atoms with van der Waals surface area (Å²) in [6.45, 7) is 5.68. The van der Waals surface area contributed by atoms with Crippen molar-refractivity contribution in [3.8, 4) is 0 Å². The van der Waals surface area contributed by atoms with E-state index in [1.165, 1.54) is 44.1 Å². The van der Waals surface area contributed by atoms with Crippen molar-refractivity contribution in [2.45, 2.75) is 70.8 Å². The zero-order chi connectivity index (χ0) is 18.4. The number of fused-ring (bicyclic) bond motifs is 9. The molecule has 27 heavy (non-hydrogen) atoms. The van der Waals surface area contributed by atoms with Gasteiger partial charge in [-0.15, -0.1) is 0 Å². The highest BCUT2D eigenvalue weighted by molar-refractivity contribution is 5.91. The first-order valence-corrected chi connectivity index (χ1v) is 11.7. The van der Waals surface area contributed by atoms with Gasteiger partial charge in [-0.3, -0.25) is 4.79 Å². The van der Waals surface area contributed by atoms with E-state index in [4.69, 9.17) is 4.74 Å². The van der Waals surface area contributed by atoms with Gasteiger partial charge in [0.1, 0.15) is 0 Å². The topological polar surface area (TPSA) is 26.3 Å². The molecule has 146 valence electrons. The van der Waals surface area contributed by atoms with E-state index in [2.05, 4.69) is 32.1 Å². The molecule has 0 saturated heterocycles. The van der Waals surface area contributed by atoms with Gasteiger partial charge in [0.15, 0.2) is 5.78 Å². The smallest absolute Gasteiger partial charge is 0.155 e. The molecular weight excluding hydrogens is 332 g/mol. The lowest BCUT2D eigenvalue weighted by molar-refractivity contribution is -0.152. The van der Waals surface area contributed by atoms with Gasteiger partial charge in [-0.05, 0) is 86.0 Å². The Balaban J connectivity index is 1.44. The number of ether oxygens (including phenoxy) is 1. The fourth-order valence-electron chi connectivity index (χ4n) is 9.27.